The predicted octanol–water partition coefficient (Wildman–Crippen LogP) is 4.46. The lowest BCUT2D eigenvalue weighted by molar-refractivity contribution is 0.0667. The molecule has 1 saturated heterocycles. The van der Waals surface area contributed by atoms with Gasteiger partial charge < -0.3 is 10.0 Å². The van der Waals surface area contributed by atoms with E-state index in [4.69, 9.17) is 0 Å². The van der Waals surface area contributed by atoms with E-state index in [1.807, 2.05) is 0 Å². The van der Waals surface area contributed by atoms with Crippen LogP contribution in [0.3, 0.4) is 0 Å². The second-order valence-electron chi connectivity index (χ2n) is 7.04. The number of phenols is 1. The van der Waals surface area contributed by atoms with Crippen LogP contribution in [0.2, 0.25) is 0 Å². The van der Waals surface area contributed by atoms with Crippen LogP contribution >= 0.6 is 0 Å². The second-order valence-corrected chi connectivity index (χ2v) is 7.04. The van der Waals surface area contributed by atoms with Crippen LogP contribution in [0.4, 0.5) is 8.78 Å². The topological polar surface area (TPSA) is 40.5 Å². The van der Waals surface area contributed by atoms with E-state index in [2.05, 4.69) is 0 Å². The van der Waals surface area contributed by atoms with Crippen LogP contribution in [0.1, 0.15) is 40.7 Å². The molecule has 3 rings (SSSR count). The quantitative estimate of drug-likeness (QED) is 0.875. The number of amides is 1. The fourth-order valence-electron chi connectivity index (χ4n) is 3.49. The van der Waals surface area contributed by atoms with Crippen LogP contribution in [0, 0.1) is 24.5 Å². The molecule has 1 aliphatic rings. The van der Waals surface area contributed by atoms with Gasteiger partial charge in [0.15, 0.2) is 0 Å². The van der Waals surface area contributed by atoms with Crippen molar-refractivity contribution in [2.75, 3.05) is 13.1 Å². The van der Waals surface area contributed by atoms with Gasteiger partial charge in [-0.05, 0) is 67.9 Å². The van der Waals surface area contributed by atoms with Gasteiger partial charge in [0, 0.05) is 24.7 Å². The lowest BCUT2D eigenvalue weighted by atomic mass is 9.91. The Morgan fingerprint density at radius 3 is 2.77 bits per heavy atom. The molecular weight excluding hydrogens is 336 g/mol. The molecule has 0 spiro atoms. The Kier molecular flexibility index (Phi) is 5.55. The Hall–Kier alpha value is -2.43. The summed E-state index contributed by atoms with van der Waals surface area (Å²) in [5.74, 6) is -0.753. The van der Waals surface area contributed by atoms with Gasteiger partial charge in [0.2, 0.25) is 0 Å². The van der Waals surface area contributed by atoms with Gasteiger partial charge in [-0.25, -0.2) is 8.78 Å². The van der Waals surface area contributed by atoms with Crippen molar-refractivity contribution in [2.24, 2.45) is 5.92 Å². The van der Waals surface area contributed by atoms with Crippen LogP contribution in [0.25, 0.3) is 0 Å². The number of phenolic OH excluding ortho intramolecular Hbond substituents is 1. The minimum Gasteiger partial charge on any atom is -0.508 e. The molecule has 3 nitrogen and oxygen atoms in total. The van der Waals surface area contributed by atoms with E-state index in [-0.39, 0.29) is 17.6 Å². The molecule has 0 unspecified atom stereocenters. The summed E-state index contributed by atoms with van der Waals surface area (Å²) in [5.41, 5.74) is 1.73. The summed E-state index contributed by atoms with van der Waals surface area (Å²) in [6.07, 6.45) is 3.18. The number of piperidine rings is 1. The minimum atomic E-state index is -0.568. The van der Waals surface area contributed by atoms with Crippen molar-refractivity contribution in [1.82, 2.24) is 4.90 Å². The van der Waals surface area contributed by atoms with Crippen LogP contribution in [-0.2, 0) is 6.42 Å². The molecule has 1 atom stereocenters. The van der Waals surface area contributed by atoms with E-state index in [1.165, 1.54) is 18.2 Å². The molecule has 1 heterocycles. The number of aryl methyl sites for hydroxylation is 2. The van der Waals surface area contributed by atoms with Crippen LogP contribution in [0.5, 0.6) is 5.75 Å². The smallest absolute Gasteiger partial charge is 0.253 e. The molecule has 0 saturated carbocycles. The summed E-state index contributed by atoms with van der Waals surface area (Å²) in [6.45, 7) is 3.10. The van der Waals surface area contributed by atoms with Gasteiger partial charge in [0.05, 0.1) is 0 Å². The van der Waals surface area contributed by atoms with Crippen LogP contribution < -0.4 is 0 Å². The number of likely N-dealkylation sites (tertiary alicyclic amines) is 1. The van der Waals surface area contributed by atoms with Gasteiger partial charge in [0.25, 0.3) is 5.91 Å². The molecule has 1 N–H and O–H groups in total. The maximum absolute atomic E-state index is 13.8. The van der Waals surface area contributed by atoms with E-state index in [9.17, 15) is 18.7 Å². The SMILES string of the molecule is Cc1ccc(C(=O)N2CCC[C@@H](CCc3ccc(F)cc3F)C2)cc1O. The maximum Gasteiger partial charge on any atom is 0.253 e. The van der Waals surface area contributed by atoms with Crippen LogP contribution in [0.15, 0.2) is 36.4 Å². The number of benzene rings is 2. The Morgan fingerprint density at radius 2 is 2.04 bits per heavy atom. The summed E-state index contributed by atoms with van der Waals surface area (Å²) in [6, 6.07) is 8.66. The highest BCUT2D eigenvalue weighted by atomic mass is 19.1. The zero-order valence-corrected chi connectivity index (χ0v) is 14.8. The molecule has 2 aromatic rings. The molecule has 5 heteroatoms. The third-order valence-corrected chi connectivity index (χ3v) is 5.10. The van der Waals surface area contributed by atoms with Crippen molar-refractivity contribution < 1.29 is 18.7 Å². The van der Waals surface area contributed by atoms with Gasteiger partial charge in [-0.3, -0.25) is 4.79 Å². The lowest BCUT2D eigenvalue weighted by Crippen LogP contribution is -2.40. The Balaban J connectivity index is 1.61. The first-order valence-electron chi connectivity index (χ1n) is 8.97. The monoisotopic (exact) mass is 359 g/mol. The molecule has 2 aromatic carbocycles. The van der Waals surface area contributed by atoms with Crippen molar-refractivity contribution >= 4 is 5.91 Å². The number of hydrogen-bond acceptors (Lipinski definition) is 2. The fourth-order valence-corrected chi connectivity index (χ4v) is 3.49. The predicted molar refractivity (Wildman–Crippen MR) is 96.2 cm³/mol. The van der Waals surface area contributed by atoms with Crippen molar-refractivity contribution in [1.29, 1.82) is 0 Å². The van der Waals surface area contributed by atoms with Gasteiger partial charge in [-0.15, -0.1) is 0 Å². The number of aromatic hydroxyl groups is 1. The third kappa shape index (κ3) is 4.21. The molecule has 1 amide bonds. The van der Waals surface area contributed by atoms with E-state index in [1.54, 1.807) is 24.0 Å². The fraction of sp³-hybridized carbons (Fsp3) is 0.381. The number of carbonyl (C=O) groups is 1. The van der Waals surface area contributed by atoms with Gasteiger partial charge in [-0.1, -0.05) is 12.1 Å². The van der Waals surface area contributed by atoms with Gasteiger partial charge in [-0.2, -0.15) is 0 Å². The number of rotatable bonds is 4. The number of hydrogen-bond donors (Lipinski definition) is 1. The normalized spacial score (nSPS) is 17.3. The van der Waals surface area contributed by atoms with E-state index in [0.29, 0.717) is 30.6 Å². The highest BCUT2D eigenvalue weighted by molar-refractivity contribution is 5.94. The molecule has 0 aliphatic carbocycles. The molecule has 26 heavy (non-hydrogen) atoms. The average Bonchev–Trinajstić information content (AvgIpc) is 2.63. The summed E-state index contributed by atoms with van der Waals surface area (Å²) >= 11 is 0. The highest BCUT2D eigenvalue weighted by Crippen LogP contribution is 2.25. The van der Waals surface area contributed by atoms with Gasteiger partial charge >= 0.3 is 0 Å². The first kappa shape index (κ1) is 18.4. The molecule has 138 valence electrons. The summed E-state index contributed by atoms with van der Waals surface area (Å²) < 4.78 is 26.8. The number of carbonyl (C=O) groups excluding carboxylic acids is 1. The molecule has 1 fully saturated rings. The first-order chi connectivity index (χ1) is 12.4. The zero-order chi connectivity index (χ0) is 18.7. The number of nitrogens with zero attached hydrogens (tertiary/aromatic N) is 1. The molecule has 0 bridgehead atoms. The standard InChI is InChI=1S/C21H23F2NO2/c1-14-4-6-17(11-20(14)25)21(26)24-10-2-3-15(13-24)5-7-16-8-9-18(22)12-19(16)23/h4,6,8-9,11-12,15,25H,2-3,5,7,10,13H2,1H3/t15-/m0/s1. The first-order valence-corrected chi connectivity index (χ1v) is 8.97. The Bertz CT molecular complexity index is 807. The largest absolute Gasteiger partial charge is 0.508 e. The molecular formula is C21H23F2NO2. The highest BCUT2D eigenvalue weighted by Gasteiger charge is 2.25. The average molecular weight is 359 g/mol. The summed E-state index contributed by atoms with van der Waals surface area (Å²) in [4.78, 5) is 14.5. The summed E-state index contributed by atoms with van der Waals surface area (Å²) in [7, 11) is 0. The van der Waals surface area contributed by atoms with Crippen molar-refractivity contribution in [3.63, 3.8) is 0 Å². The van der Waals surface area contributed by atoms with Crippen LogP contribution in [-0.4, -0.2) is 29.0 Å². The molecule has 1 aliphatic heterocycles. The number of halogens is 2. The van der Waals surface area contributed by atoms with E-state index in [0.717, 1.165) is 30.9 Å². The van der Waals surface area contributed by atoms with Crippen molar-refractivity contribution in [3.05, 3.63) is 64.7 Å². The Morgan fingerprint density at radius 1 is 1.23 bits per heavy atom. The van der Waals surface area contributed by atoms with Gasteiger partial charge in [0.1, 0.15) is 17.4 Å². The molecule has 0 aromatic heterocycles. The van der Waals surface area contributed by atoms with Crippen molar-refractivity contribution in [3.8, 4) is 5.75 Å². The van der Waals surface area contributed by atoms with E-state index < -0.39 is 11.6 Å². The lowest BCUT2D eigenvalue weighted by Gasteiger charge is -2.33. The maximum atomic E-state index is 13.8. The second kappa shape index (κ2) is 7.85. The zero-order valence-electron chi connectivity index (χ0n) is 14.8. The summed E-state index contributed by atoms with van der Waals surface area (Å²) in [5, 5.41) is 9.82. The van der Waals surface area contributed by atoms with E-state index >= 15 is 0 Å². The van der Waals surface area contributed by atoms with Crippen molar-refractivity contribution in [2.45, 2.75) is 32.6 Å². The Labute approximate surface area is 152 Å². The third-order valence-electron chi connectivity index (χ3n) is 5.10. The minimum absolute atomic E-state index is 0.0852. The molecule has 0 radical (unpaired) electrons.